The van der Waals surface area contributed by atoms with Crippen molar-refractivity contribution >= 4 is 0 Å². The Morgan fingerprint density at radius 3 is 1.93 bits per heavy atom. The van der Waals surface area contributed by atoms with E-state index in [0.29, 0.717) is 17.9 Å². The molecule has 0 aliphatic heterocycles. The maximum absolute atomic E-state index is 4.52. The summed E-state index contributed by atoms with van der Waals surface area (Å²) in [5.41, 5.74) is 1.35. The first-order valence-electron chi connectivity index (χ1n) is 5.52. The quantitative estimate of drug-likeness (QED) is 0.717. The summed E-state index contributed by atoms with van der Waals surface area (Å²) >= 11 is 0. The molecule has 1 rings (SSSR count). The molecule has 0 radical (unpaired) electrons. The molecule has 0 atom stereocenters. The molecule has 2 heteroatoms. The molecule has 0 aliphatic carbocycles. The van der Waals surface area contributed by atoms with Crippen molar-refractivity contribution in [1.29, 1.82) is 0 Å². The van der Waals surface area contributed by atoms with Crippen LogP contribution in [0.5, 0.6) is 0 Å². The molecule has 1 heterocycles. The molecule has 0 aliphatic rings. The van der Waals surface area contributed by atoms with Crippen LogP contribution in [0.3, 0.4) is 0 Å². The van der Waals surface area contributed by atoms with Crippen molar-refractivity contribution < 1.29 is 0 Å². The lowest BCUT2D eigenvalue weighted by atomic mass is 10.1. The molecule has 0 N–H and O–H groups in total. The fourth-order valence-electron chi connectivity index (χ4n) is 1.81. The third-order valence-corrected chi connectivity index (χ3v) is 2.48. The lowest BCUT2D eigenvalue weighted by Gasteiger charge is -2.19. The van der Waals surface area contributed by atoms with Crippen molar-refractivity contribution in [2.75, 3.05) is 0 Å². The average Bonchev–Trinajstić information content (AvgIpc) is 2.46. The van der Waals surface area contributed by atoms with E-state index in [4.69, 9.17) is 0 Å². The highest BCUT2D eigenvalue weighted by atomic mass is 15.1. The summed E-state index contributed by atoms with van der Waals surface area (Å²) in [6, 6.07) is 0.507. The molecular formula is C12H22N2. The van der Waals surface area contributed by atoms with Gasteiger partial charge in [-0.15, -0.1) is 0 Å². The van der Waals surface area contributed by atoms with Gasteiger partial charge in [0.25, 0.3) is 0 Å². The van der Waals surface area contributed by atoms with Crippen molar-refractivity contribution in [3.8, 4) is 0 Å². The van der Waals surface area contributed by atoms with Crippen LogP contribution in [0.2, 0.25) is 0 Å². The summed E-state index contributed by atoms with van der Waals surface area (Å²) < 4.78 is 2.37. The molecule has 0 aromatic carbocycles. The van der Waals surface area contributed by atoms with Gasteiger partial charge in [0, 0.05) is 23.9 Å². The van der Waals surface area contributed by atoms with Crippen molar-refractivity contribution in [1.82, 2.24) is 9.55 Å². The summed E-state index contributed by atoms with van der Waals surface area (Å²) in [6.07, 6.45) is 2.03. The largest absolute Gasteiger partial charge is 0.329 e. The van der Waals surface area contributed by atoms with E-state index in [-0.39, 0.29) is 0 Å². The summed E-state index contributed by atoms with van der Waals surface area (Å²) in [5, 5.41) is 0. The molecule has 0 unspecified atom stereocenters. The van der Waals surface area contributed by atoms with Crippen LogP contribution in [0.4, 0.5) is 0 Å². The van der Waals surface area contributed by atoms with Crippen LogP contribution in [0.15, 0.2) is 6.20 Å². The minimum absolute atomic E-state index is 0.505. The van der Waals surface area contributed by atoms with E-state index < -0.39 is 0 Å². The molecular weight excluding hydrogens is 172 g/mol. The van der Waals surface area contributed by atoms with Crippen LogP contribution in [0.1, 0.15) is 70.9 Å². The van der Waals surface area contributed by atoms with Gasteiger partial charge in [0.1, 0.15) is 5.82 Å². The van der Waals surface area contributed by atoms with Gasteiger partial charge in [-0.3, -0.25) is 0 Å². The summed E-state index contributed by atoms with van der Waals surface area (Å²) in [7, 11) is 0. The van der Waals surface area contributed by atoms with E-state index >= 15 is 0 Å². The lowest BCUT2D eigenvalue weighted by molar-refractivity contribution is 0.519. The molecule has 0 bridgehead atoms. The van der Waals surface area contributed by atoms with Gasteiger partial charge in [-0.1, -0.05) is 27.7 Å². The van der Waals surface area contributed by atoms with Gasteiger partial charge in [-0.25, -0.2) is 4.98 Å². The Morgan fingerprint density at radius 1 is 1.00 bits per heavy atom. The number of rotatable bonds is 3. The van der Waals surface area contributed by atoms with E-state index in [1.165, 1.54) is 11.5 Å². The number of aromatic nitrogens is 2. The first-order chi connectivity index (χ1) is 6.45. The molecule has 80 valence electrons. The zero-order valence-corrected chi connectivity index (χ0v) is 10.2. The number of nitrogens with zero attached hydrogens (tertiary/aromatic N) is 2. The van der Waals surface area contributed by atoms with Crippen LogP contribution in [0.25, 0.3) is 0 Å². The van der Waals surface area contributed by atoms with E-state index in [2.05, 4.69) is 51.1 Å². The topological polar surface area (TPSA) is 17.8 Å². The minimum atomic E-state index is 0.505. The fourth-order valence-corrected chi connectivity index (χ4v) is 1.81. The maximum Gasteiger partial charge on any atom is 0.111 e. The molecule has 2 nitrogen and oxygen atoms in total. The third kappa shape index (κ3) is 1.99. The van der Waals surface area contributed by atoms with Crippen molar-refractivity contribution in [2.24, 2.45) is 0 Å². The van der Waals surface area contributed by atoms with Crippen LogP contribution in [0, 0.1) is 0 Å². The van der Waals surface area contributed by atoms with Gasteiger partial charge < -0.3 is 4.57 Å². The summed E-state index contributed by atoms with van der Waals surface area (Å²) in [4.78, 5) is 4.52. The molecule has 0 amide bonds. The molecule has 0 spiro atoms. The van der Waals surface area contributed by atoms with Crippen molar-refractivity contribution in [2.45, 2.75) is 59.4 Å². The van der Waals surface area contributed by atoms with E-state index in [1.54, 1.807) is 0 Å². The zero-order valence-electron chi connectivity index (χ0n) is 10.2. The third-order valence-electron chi connectivity index (χ3n) is 2.48. The van der Waals surface area contributed by atoms with Crippen molar-refractivity contribution in [3.05, 3.63) is 17.7 Å². The monoisotopic (exact) mass is 194 g/mol. The zero-order chi connectivity index (χ0) is 10.9. The first kappa shape index (κ1) is 11.3. The number of imidazole rings is 1. The molecule has 0 saturated heterocycles. The Morgan fingerprint density at radius 2 is 1.57 bits per heavy atom. The predicted molar refractivity (Wildman–Crippen MR) is 60.8 cm³/mol. The van der Waals surface area contributed by atoms with Crippen LogP contribution in [-0.4, -0.2) is 9.55 Å². The molecule has 0 fully saturated rings. The molecule has 0 saturated carbocycles. The predicted octanol–water partition coefficient (Wildman–Crippen LogP) is 3.71. The van der Waals surface area contributed by atoms with Gasteiger partial charge in [0.15, 0.2) is 0 Å². The Bertz CT molecular complexity index is 270. The standard InChI is InChI=1S/C12H22N2/c1-8(2)11-7-13-12(9(3)4)14(11)10(5)6/h7-10H,1-6H3. The first-order valence-corrected chi connectivity index (χ1v) is 5.52. The fraction of sp³-hybridized carbons (Fsp3) is 0.750. The molecule has 14 heavy (non-hydrogen) atoms. The smallest absolute Gasteiger partial charge is 0.111 e. The van der Waals surface area contributed by atoms with E-state index in [9.17, 15) is 0 Å². The van der Waals surface area contributed by atoms with Gasteiger partial charge in [0.05, 0.1) is 0 Å². The second kappa shape index (κ2) is 4.16. The van der Waals surface area contributed by atoms with E-state index in [0.717, 1.165) is 0 Å². The summed E-state index contributed by atoms with van der Waals surface area (Å²) in [6.45, 7) is 13.3. The van der Waals surface area contributed by atoms with Crippen LogP contribution in [-0.2, 0) is 0 Å². The second-order valence-electron chi connectivity index (χ2n) is 4.81. The SMILES string of the molecule is CC(C)c1cnc(C(C)C)n1C(C)C. The highest BCUT2D eigenvalue weighted by Gasteiger charge is 2.16. The Kier molecular flexibility index (Phi) is 3.35. The summed E-state index contributed by atoms with van der Waals surface area (Å²) in [5.74, 6) is 2.27. The van der Waals surface area contributed by atoms with Gasteiger partial charge in [-0.2, -0.15) is 0 Å². The number of hydrogen-bond donors (Lipinski definition) is 0. The van der Waals surface area contributed by atoms with Gasteiger partial charge >= 0.3 is 0 Å². The van der Waals surface area contributed by atoms with Gasteiger partial charge in [-0.05, 0) is 19.8 Å². The highest BCUT2D eigenvalue weighted by molar-refractivity contribution is 5.13. The Balaban J connectivity index is 3.20. The number of hydrogen-bond acceptors (Lipinski definition) is 1. The molecule has 1 aromatic rings. The highest BCUT2D eigenvalue weighted by Crippen LogP contribution is 2.24. The van der Waals surface area contributed by atoms with Crippen molar-refractivity contribution in [3.63, 3.8) is 0 Å². The normalized spacial score (nSPS) is 12.1. The van der Waals surface area contributed by atoms with Crippen LogP contribution >= 0.6 is 0 Å². The van der Waals surface area contributed by atoms with Gasteiger partial charge in [0.2, 0.25) is 0 Å². The maximum atomic E-state index is 4.52. The Labute approximate surface area is 87.4 Å². The van der Waals surface area contributed by atoms with E-state index in [1.807, 2.05) is 6.20 Å². The Hall–Kier alpha value is -0.790. The lowest BCUT2D eigenvalue weighted by Crippen LogP contribution is -2.11. The second-order valence-corrected chi connectivity index (χ2v) is 4.81. The van der Waals surface area contributed by atoms with Crippen LogP contribution < -0.4 is 0 Å². The molecule has 1 aromatic heterocycles. The minimum Gasteiger partial charge on any atom is -0.329 e. The average molecular weight is 194 g/mol.